The molecule has 2 aromatic carbocycles. The monoisotopic (exact) mass is 395 g/mol. The molecular weight excluding hydrogens is 362 g/mol. The van der Waals surface area contributed by atoms with Crippen LogP contribution in [0.3, 0.4) is 0 Å². The van der Waals surface area contributed by atoms with Gasteiger partial charge in [-0.25, -0.2) is 0 Å². The Bertz CT molecular complexity index is 857. The number of carbonyl (C=O) groups excluding carboxylic acids is 1. The highest BCUT2D eigenvalue weighted by Crippen LogP contribution is 2.42. The van der Waals surface area contributed by atoms with Gasteiger partial charge in [0.05, 0.1) is 6.04 Å². The zero-order valence-electron chi connectivity index (χ0n) is 18.2. The Hall–Kier alpha value is -2.49. The molecule has 156 valence electrons. The molecule has 0 fully saturated rings. The Balaban J connectivity index is 1.81. The smallest absolute Gasteiger partial charge is 0.261 e. The quantitative estimate of drug-likeness (QED) is 0.658. The van der Waals surface area contributed by atoms with Gasteiger partial charge in [0.15, 0.2) is 6.10 Å². The fraction of sp³-hybridized carbons (Fsp3) is 0.480. The predicted octanol–water partition coefficient (Wildman–Crippen LogP) is 5.66. The van der Waals surface area contributed by atoms with Gasteiger partial charge in [-0.2, -0.15) is 0 Å². The van der Waals surface area contributed by atoms with Crippen molar-refractivity contribution in [3.05, 3.63) is 59.2 Å². The van der Waals surface area contributed by atoms with Crippen LogP contribution in [0.15, 0.2) is 42.5 Å². The summed E-state index contributed by atoms with van der Waals surface area (Å²) in [6.07, 6.45) is 2.66. The van der Waals surface area contributed by atoms with Crippen molar-refractivity contribution in [1.82, 2.24) is 5.32 Å². The largest absolute Gasteiger partial charge is 0.487 e. The first-order valence-corrected chi connectivity index (χ1v) is 10.7. The molecule has 1 N–H and O–H groups in total. The normalized spacial score (nSPS) is 18.3. The summed E-state index contributed by atoms with van der Waals surface area (Å²) in [6.45, 7) is 10.3. The van der Waals surface area contributed by atoms with Crippen LogP contribution in [-0.4, -0.2) is 17.6 Å². The number of benzene rings is 2. The van der Waals surface area contributed by atoms with E-state index in [-0.39, 0.29) is 17.6 Å². The maximum absolute atomic E-state index is 13.2. The van der Waals surface area contributed by atoms with Gasteiger partial charge in [-0.05, 0) is 56.4 Å². The van der Waals surface area contributed by atoms with Crippen molar-refractivity contribution in [2.75, 3.05) is 0 Å². The molecule has 3 rings (SSSR count). The summed E-state index contributed by atoms with van der Waals surface area (Å²) in [5.74, 6) is 1.57. The van der Waals surface area contributed by atoms with Crippen molar-refractivity contribution in [3.63, 3.8) is 0 Å². The predicted molar refractivity (Wildman–Crippen MR) is 117 cm³/mol. The topological polar surface area (TPSA) is 47.6 Å². The van der Waals surface area contributed by atoms with E-state index in [2.05, 4.69) is 25.2 Å². The summed E-state index contributed by atoms with van der Waals surface area (Å²) in [5.41, 5.74) is 2.95. The maximum Gasteiger partial charge on any atom is 0.261 e. The van der Waals surface area contributed by atoms with Gasteiger partial charge < -0.3 is 14.8 Å². The minimum absolute atomic E-state index is 0.0729. The molecule has 29 heavy (non-hydrogen) atoms. The van der Waals surface area contributed by atoms with Crippen molar-refractivity contribution < 1.29 is 14.3 Å². The number of para-hydroxylation sites is 1. The second kappa shape index (κ2) is 8.89. The number of aryl methyl sites for hydroxylation is 2. The van der Waals surface area contributed by atoms with Gasteiger partial charge in [-0.15, -0.1) is 0 Å². The standard InChI is InChI=1S/C25H33NO3/c1-6-21(28-23-15-17(4)13-14-18(23)5)24(27)26-20-16-25(7-2,8-3)29-22-12-10-9-11-19(20)22/h9-15,20-21H,6-8,16H2,1-5H3,(H,26,27)/t20-,21-/m1/s1. The minimum atomic E-state index is -0.525. The fourth-order valence-corrected chi connectivity index (χ4v) is 4.00. The zero-order chi connectivity index (χ0) is 21.0. The van der Waals surface area contributed by atoms with E-state index in [1.807, 2.05) is 57.2 Å². The number of hydrogen-bond donors (Lipinski definition) is 1. The molecule has 1 heterocycles. The Morgan fingerprint density at radius 2 is 1.90 bits per heavy atom. The summed E-state index contributed by atoms with van der Waals surface area (Å²) in [6, 6.07) is 14.0. The highest BCUT2D eigenvalue weighted by Gasteiger charge is 2.39. The average molecular weight is 396 g/mol. The third kappa shape index (κ3) is 4.58. The lowest BCUT2D eigenvalue weighted by Gasteiger charge is -2.42. The van der Waals surface area contributed by atoms with Crippen molar-refractivity contribution in [2.24, 2.45) is 0 Å². The molecule has 0 saturated carbocycles. The third-order valence-corrected chi connectivity index (χ3v) is 6.08. The number of rotatable bonds is 7. The van der Waals surface area contributed by atoms with E-state index in [0.29, 0.717) is 6.42 Å². The van der Waals surface area contributed by atoms with Crippen LogP contribution in [0.4, 0.5) is 0 Å². The molecule has 0 aliphatic carbocycles. The second-order valence-electron chi connectivity index (χ2n) is 8.08. The molecule has 1 amide bonds. The van der Waals surface area contributed by atoms with E-state index in [4.69, 9.17) is 9.47 Å². The van der Waals surface area contributed by atoms with Gasteiger partial charge in [0, 0.05) is 12.0 Å². The van der Waals surface area contributed by atoms with E-state index in [1.54, 1.807) is 0 Å². The molecule has 0 bridgehead atoms. The molecule has 1 aliphatic rings. The van der Waals surface area contributed by atoms with Gasteiger partial charge in [0.25, 0.3) is 5.91 Å². The highest BCUT2D eigenvalue weighted by atomic mass is 16.5. The van der Waals surface area contributed by atoms with E-state index in [9.17, 15) is 4.79 Å². The molecular formula is C25H33NO3. The van der Waals surface area contributed by atoms with Crippen LogP contribution in [0.25, 0.3) is 0 Å². The summed E-state index contributed by atoms with van der Waals surface area (Å²) < 4.78 is 12.5. The van der Waals surface area contributed by atoms with Crippen molar-refractivity contribution >= 4 is 5.91 Å². The fourth-order valence-electron chi connectivity index (χ4n) is 4.00. The molecule has 2 atom stereocenters. The van der Waals surface area contributed by atoms with Gasteiger partial charge >= 0.3 is 0 Å². The molecule has 2 aromatic rings. The summed E-state index contributed by atoms with van der Waals surface area (Å²) >= 11 is 0. The number of amides is 1. The Labute approximate surface area is 174 Å². The molecule has 1 aliphatic heterocycles. The molecule has 0 aromatic heterocycles. The van der Waals surface area contributed by atoms with E-state index in [0.717, 1.165) is 47.5 Å². The highest BCUT2D eigenvalue weighted by molar-refractivity contribution is 5.81. The van der Waals surface area contributed by atoms with E-state index >= 15 is 0 Å². The van der Waals surface area contributed by atoms with Gasteiger partial charge in [-0.3, -0.25) is 4.79 Å². The number of nitrogens with one attached hydrogen (secondary N) is 1. The van der Waals surface area contributed by atoms with Crippen LogP contribution >= 0.6 is 0 Å². The van der Waals surface area contributed by atoms with Gasteiger partial charge in [0.2, 0.25) is 0 Å². The third-order valence-electron chi connectivity index (χ3n) is 6.08. The van der Waals surface area contributed by atoms with Crippen molar-refractivity contribution in [3.8, 4) is 11.5 Å². The first kappa shape index (κ1) is 21.2. The molecule has 0 spiro atoms. The Kier molecular flexibility index (Phi) is 6.51. The number of ether oxygens (including phenoxy) is 2. The average Bonchev–Trinajstić information content (AvgIpc) is 2.74. The lowest BCUT2D eigenvalue weighted by Crippen LogP contribution is -2.47. The number of hydrogen-bond acceptors (Lipinski definition) is 3. The van der Waals surface area contributed by atoms with Gasteiger partial charge in [0.1, 0.15) is 17.1 Å². The SMILES string of the molecule is CC[C@@H](Oc1cc(C)ccc1C)C(=O)N[C@@H]1CC(CC)(CC)Oc2ccccc21. The molecule has 0 saturated heterocycles. The van der Waals surface area contributed by atoms with Crippen LogP contribution in [0.1, 0.15) is 69.2 Å². The van der Waals surface area contributed by atoms with Crippen LogP contribution in [0.5, 0.6) is 11.5 Å². The minimum Gasteiger partial charge on any atom is -0.487 e. The summed E-state index contributed by atoms with van der Waals surface area (Å²) in [7, 11) is 0. The lowest BCUT2D eigenvalue weighted by atomic mass is 9.83. The Morgan fingerprint density at radius 3 is 2.59 bits per heavy atom. The van der Waals surface area contributed by atoms with Crippen LogP contribution < -0.4 is 14.8 Å². The zero-order valence-corrected chi connectivity index (χ0v) is 18.2. The van der Waals surface area contributed by atoms with Crippen molar-refractivity contribution in [2.45, 2.75) is 78.0 Å². The van der Waals surface area contributed by atoms with Crippen LogP contribution in [-0.2, 0) is 4.79 Å². The molecule has 4 nitrogen and oxygen atoms in total. The van der Waals surface area contributed by atoms with Crippen molar-refractivity contribution in [1.29, 1.82) is 0 Å². The summed E-state index contributed by atoms with van der Waals surface area (Å²) in [5, 5.41) is 3.26. The lowest BCUT2D eigenvalue weighted by molar-refractivity contribution is -0.129. The second-order valence-corrected chi connectivity index (χ2v) is 8.08. The molecule has 0 radical (unpaired) electrons. The first-order chi connectivity index (χ1) is 13.9. The van der Waals surface area contributed by atoms with E-state index in [1.165, 1.54) is 0 Å². The Morgan fingerprint density at radius 1 is 1.17 bits per heavy atom. The molecule has 4 heteroatoms. The molecule has 0 unspecified atom stereocenters. The van der Waals surface area contributed by atoms with Gasteiger partial charge in [-0.1, -0.05) is 51.1 Å². The number of carbonyl (C=O) groups is 1. The van der Waals surface area contributed by atoms with Crippen LogP contribution in [0, 0.1) is 13.8 Å². The maximum atomic E-state index is 13.2. The summed E-state index contributed by atoms with van der Waals surface area (Å²) in [4.78, 5) is 13.2. The van der Waals surface area contributed by atoms with E-state index < -0.39 is 6.10 Å². The number of fused-ring (bicyclic) bond motifs is 1. The first-order valence-electron chi connectivity index (χ1n) is 10.7. The van der Waals surface area contributed by atoms with Crippen LogP contribution in [0.2, 0.25) is 0 Å².